The van der Waals surface area contributed by atoms with Crippen LogP contribution in [0, 0.1) is 17.0 Å². The molecule has 2 aromatic rings. The van der Waals surface area contributed by atoms with Crippen LogP contribution in [0.4, 0.5) is 11.4 Å². The monoisotopic (exact) mass is 280 g/mol. The van der Waals surface area contributed by atoms with E-state index in [0.29, 0.717) is 12.2 Å². The van der Waals surface area contributed by atoms with E-state index in [1.807, 2.05) is 13.8 Å². The minimum atomic E-state index is -0.381. The molecule has 1 aromatic carbocycles. The van der Waals surface area contributed by atoms with Crippen molar-refractivity contribution in [2.24, 2.45) is 5.73 Å². The number of fused-ring (bicyclic) bond motifs is 1. The average molecular weight is 280 g/mol. The van der Waals surface area contributed by atoms with Gasteiger partial charge in [0.25, 0.3) is 5.69 Å². The molecule has 0 aliphatic heterocycles. The molecule has 0 amide bonds. The molecule has 102 valence electrons. The van der Waals surface area contributed by atoms with Gasteiger partial charge in [-0.2, -0.15) is 0 Å². The maximum atomic E-state index is 11.1. The molecule has 0 fully saturated rings. The lowest BCUT2D eigenvalue weighted by Crippen LogP contribution is -2.28. The first-order valence-electron chi connectivity index (χ1n) is 6.06. The van der Waals surface area contributed by atoms with E-state index >= 15 is 0 Å². The molecule has 1 heterocycles. The van der Waals surface area contributed by atoms with Gasteiger partial charge in [-0.15, -0.1) is 11.3 Å². The van der Waals surface area contributed by atoms with Gasteiger partial charge < -0.3 is 11.1 Å². The molecule has 19 heavy (non-hydrogen) atoms. The summed E-state index contributed by atoms with van der Waals surface area (Å²) in [6.07, 6.45) is 0.818. The van der Waals surface area contributed by atoms with Crippen LogP contribution in [0.1, 0.15) is 18.4 Å². The molecule has 7 heteroatoms. The van der Waals surface area contributed by atoms with Crippen molar-refractivity contribution in [3.8, 4) is 0 Å². The number of anilines is 1. The van der Waals surface area contributed by atoms with Gasteiger partial charge in [0.1, 0.15) is 5.69 Å². The number of nitrogens with two attached hydrogens (primary N) is 1. The number of nitrogens with one attached hydrogen (secondary N) is 1. The lowest BCUT2D eigenvalue weighted by Gasteiger charge is -2.11. The molecule has 0 radical (unpaired) electrons. The molecule has 1 atom stereocenters. The Morgan fingerprint density at radius 2 is 2.32 bits per heavy atom. The Morgan fingerprint density at radius 3 is 2.95 bits per heavy atom. The molecule has 3 N–H and O–H groups in total. The summed E-state index contributed by atoms with van der Waals surface area (Å²) in [4.78, 5) is 15.1. The zero-order valence-electron chi connectivity index (χ0n) is 10.8. The van der Waals surface area contributed by atoms with E-state index in [-0.39, 0.29) is 16.7 Å². The number of aromatic nitrogens is 1. The summed E-state index contributed by atoms with van der Waals surface area (Å²) in [6, 6.07) is 3.27. The molecule has 0 aliphatic rings. The number of aryl methyl sites for hydroxylation is 1. The van der Waals surface area contributed by atoms with E-state index in [1.54, 1.807) is 12.1 Å². The maximum absolute atomic E-state index is 11.1. The summed E-state index contributed by atoms with van der Waals surface area (Å²) >= 11 is 1.45. The second-order valence-electron chi connectivity index (χ2n) is 4.38. The normalized spacial score (nSPS) is 12.6. The Kier molecular flexibility index (Phi) is 3.96. The van der Waals surface area contributed by atoms with Crippen LogP contribution in [-0.2, 0) is 0 Å². The number of nitrogens with zero attached hydrogens (tertiary/aromatic N) is 2. The van der Waals surface area contributed by atoms with Gasteiger partial charge in [0.2, 0.25) is 0 Å². The molecular weight excluding hydrogens is 264 g/mol. The Balaban J connectivity index is 2.38. The fourth-order valence-corrected chi connectivity index (χ4v) is 2.60. The third-order valence-corrected chi connectivity index (χ3v) is 3.82. The summed E-state index contributed by atoms with van der Waals surface area (Å²) < 4.78 is 0.828. The first kappa shape index (κ1) is 13.7. The van der Waals surface area contributed by atoms with Crippen molar-refractivity contribution in [3.05, 3.63) is 27.3 Å². The molecule has 1 unspecified atom stereocenters. The van der Waals surface area contributed by atoms with Crippen molar-refractivity contribution in [2.75, 3.05) is 11.9 Å². The molecule has 2 rings (SSSR count). The number of nitro benzene ring substituents is 1. The van der Waals surface area contributed by atoms with Crippen molar-refractivity contribution in [3.63, 3.8) is 0 Å². The third kappa shape index (κ3) is 2.99. The lowest BCUT2D eigenvalue weighted by molar-refractivity contribution is -0.383. The minimum Gasteiger partial charge on any atom is -0.378 e. The van der Waals surface area contributed by atoms with Gasteiger partial charge in [0, 0.05) is 18.7 Å². The van der Waals surface area contributed by atoms with Crippen LogP contribution in [0.2, 0.25) is 0 Å². The molecule has 0 saturated heterocycles. The van der Waals surface area contributed by atoms with Gasteiger partial charge in [-0.3, -0.25) is 10.1 Å². The predicted molar refractivity (Wildman–Crippen MR) is 77.8 cm³/mol. The first-order valence-corrected chi connectivity index (χ1v) is 6.88. The molecule has 6 nitrogen and oxygen atoms in total. The third-order valence-electron chi connectivity index (χ3n) is 2.89. The Labute approximate surface area is 114 Å². The van der Waals surface area contributed by atoms with Crippen LogP contribution in [0.25, 0.3) is 10.2 Å². The average Bonchev–Trinajstić information content (AvgIpc) is 2.73. The molecule has 0 bridgehead atoms. The zero-order valence-corrected chi connectivity index (χ0v) is 11.7. The van der Waals surface area contributed by atoms with Crippen LogP contribution in [0.5, 0.6) is 0 Å². The van der Waals surface area contributed by atoms with E-state index in [1.165, 1.54) is 11.3 Å². The zero-order chi connectivity index (χ0) is 14.0. The fraction of sp³-hybridized carbons (Fsp3) is 0.417. The highest BCUT2D eigenvalue weighted by Crippen LogP contribution is 2.32. The summed E-state index contributed by atoms with van der Waals surface area (Å²) in [6.45, 7) is 4.37. The second kappa shape index (κ2) is 5.50. The minimum absolute atomic E-state index is 0.0209. The van der Waals surface area contributed by atoms with Gasteiger partial charge in [-0.05, 0) is 19.4 Å². The van der Waals surface area contributed by atoms with Crippen molar-refractivity contribution in [1.82, 2.24) is 4.98 Å². The Hall–Kier alpha value is -1.73. The summed E-state index contributed by atoms with van der Waals surface area (Å²) in [7, 11) is 0. The van der Waals surface area contributed by atoms with E-state index in [4.69, 9.17) is 5.73 Å². The van der Waals surface area contributed by atoms with Crippen molar-refractivity contribution in [1.29, 1.82) is 0 Å². The van der Waals surface area contributed by atoms with Crippen LogP contribution in [0.15, 0.2) is 12.1 Å². The highest BCUT2D eigenvalue weighted by molar-refractivity contribution is 7.18. The first-order chi connectivity index (χ1) is 9.01. The van der Waals surface area contributed by atoms with E-state index in [0.717, 1.165) is 21.6 Å². The van der Waals surface area contributed by atoms with E-state index in [9.17, 15) is 10.1 Å². The van der Waals surface area contributed by atoms with Gasteiger partial charge >= 0.3 is 0 Å². The molecule has 0 spiro atoms. The fourth-order valence-electron chi connectivity index (χ4n) is 1.76. The highest BCUT2D eigenvalue weighted by Gasteiger charge is 2.17. The molecule has 0 aliphatic carbocycles. The highest BCUT2D eigenvalue weighted by atomic mass is 32.1. The molecule has 0 saturated carbocycles. The standard InChI is InChI=1S/C12H16N4O2S/c1-3-8(13)6-14-9-4-10-12(19-7(2)15-10)5-11(9)16(17)18/h4-5,8,14H,3,6,13H2,1-2H3. The maximum Gasteiger partial charge on any atom is 0.293 e. The van der Waals surface area contributed by atoms with Gasteiger partial charge in [0.15, 0.2) is 0 Å². The largest absolute Gasteiger partial charge is 0.378 e. The smallest absolute Gasteiger partial charge is 0.293 e. The van der Waals surface area contributed by atoms with Crippen molar-refractivity contribution < 1.29 is 4.92 Å². The Bertz CT molecular complexity index is 611. The van der Waals surface area contributed by atoms with Gasteiger partial charge in [0.05, 0.1) is 20.1 Å². The summed E-state index contributed by atoms with van der Waals surface area (Å²) in [5, 5.41) is 15.0. The predicted octanol–water partition coefficient (Wildman–Crippen LogP) is 2.66. The lowest BCUT2D eigenvalue weighted by atomic mass is 10.2. The van der Waals surface area contributed by atoms with E-state index < -0.39 is 0 Å². The van der Waals surface area contributed by atoms with Gasteiger partial charge in [-0.25, -0.2) is 4.98 Å². The number of hydrogen-bond acceptors (Lipinski definition) is 6. The number of thiazole rings is 1. The van der Waals surface area contributed by atoms with Crippen molar-refractivity contribution >= 4 is 32.9 Å². The summed E-state index contributed by atoms with van der Waals surface area (Å²) in [5.74, 6) is 0. The topological polar surface area (TPSA) is 94.1 Å². The quantitative estimate of drug-likeness (QED) is 0.648. The van der Waals surface area contributed by atoms with Crippen LogP contribution in [-0.4, -0.2) is 22.5 Å². The number of hydrogen-bond donors (Lipinski definition) is 2. The van der Waals surface area contributed by atoms with Crippen LogP contribution < -0.4 is 11.1 Å². The number of benzene rings is 1. The molecular formula is C12H16N4O2S. The summed E-state index contributed by atoms with van der Waals surface area (Å²) in [5.41, 5.74) is 7.14. The number of rotatable bonds is 5. The molecule has 1 aromatic heterocycles. The van der Waals surface area contributed by atoms with Crippen molar-refractivity contribution in [2.45, 2.75) is 26.3 Å². The van der Waals surface area contributed by atoms with E-state index in [2.05, 4.69) is 10.3 Å². The Morgan fingerprint density at radius 1 is 1.58 bits per heavy atom. The van der Waals surface area contributed by atoms with Gasteiger partial charge in [-0.1, -0.05) is 6.92 Å². The number of nitro groups is 1. The SMILES string of the molecule is CCC(N)CNc1cc2nc(C)sc2cc1[N+](=O)[O-]. The van der Waals surface area contributed by atoms with Crippen LogP contribution >= 0.6 is 11.3 Å². The second-order valence-corrected chi connectivity index (χ2v) is 5.61. The van der Waals surface area contributed by atoms with Crippen LogP contribution in [0.3, 0.4) is 0 Å².